The molecule has 10 aliphatic heterocycles. The largest absolute Gasteiger partial charge is 0.477 e. The highest BCUT2D eigenvalue weighted by Gasteiger charge is 2.69. The van der Waals surface area contributed by atoms with Crippen molar-refractivity contribution in [2.24, 2.45) is 0 Å². The second kappa shape index (κ2) is 50.2. The third-order valence-electron chi connectivity index (χ3n) is 25.9. The molecule has 3 amide bonds. The number of carboxylic acid groups (broad SMARTS) is 4. The molecule has 0 unspecified atom stereocenters. The maximum atomic E-state index is 14.3. The fraction of sp³-hybridized carbons (Fsp3) is 0.910. The third kappa shape index (κ3) is 25.4. The number of hydrogen-bond acceptors (Lipinski definition) is 59. The Kier molecular flexibility index (Phi) is 41.9. The first-order valence-corrected chi connectivity index (χ1v) is 44.7. The zero-order valence-corrected chi connectivity index (χ0v) is 75.9. The molecule has 0 aromatic carbocycles. The second-order valence-corrected chi connectivity index (χ2v) is 35.9. The number of carbonyl (C=O) groups is 7. The van der Waals surface area contributed by atoms with E-state index in [0.717, 1.165) is 20.8 Å². The van der Waals surface area contributed by atoms with E-state index in [-0.39, 0.29) is 0 Å². The van der Waals surface area contributed by atoms with Crippen LogP contribution in [0.2, 0.25) is 0 Å². The van der Waals surface area contributed by atoms with E-state index >= 15 is 0 Å². The summed E-state index contributed by atoms with van der Waals surface area (Å²) in [6, 6.07) is -6.30. The molecule has 10 saturated heterocycles. The number of amides is 3. The Hall–Kier alpha value is -5.79. The van der Waals surface area contributed by atoms with Crippen LogP contribution in [0.3, 0.4) is 0 Å². The molecular formula is C78H127N3O63. The summed E-state index contributed by atoms with van der Waals surface area (Å²) in [7, 11) is 0. The van der Waals surface area contributed by atoms with Gasteiger partial charge in [0.05, 0.1) is 103 Å². The van der Waals surface area contributed by atoms with Gasteiger partial charge in [-0.2, -0.15) is 0 Å². The number of hydrogen-bond donors (Lipinski definition) is 40. The van der Waals surface area contributed by atoms with Crippen LogP contribution in [0, 0.1) is 0 Å². The Morgan fingerprint density at radius 2 is 0.639 bits per heavy atom. The Morgan fingerprint density at radius 3 is 1.10 bits per heavy atom. The molecule has 10 rings (SSSR count). The zero-order chi connectivity index (χ0) is 107. The maximum Gasteiger partial charge on any atom is 0.364 e. The van der Waals surface area contributed by atoms with Gasteiger partial charge in [-0.25, -0.2) is 19.2 Å². The summed E-state index contributed by atoms with van der Waals surface area (Å²) in [5.74, 6) is -27.3. The molecule has 10 fully saturated rings. The van der Waals surface area contributed by atoms with E-state index in [1.165, 1.54) is 0 Å². The van der Waals surface area contributed by atoms with Gasteiger partial charge in [-0.15, -0.1) is 0 Å². The first-order chi connectivity index (χ1) is 67.6. The van der Waals surface area contributed by atoms with Gasteiger partial charge in [0.25, 0.3) is 23.1 Å². The van der Waals surface area contributed by atoms with Crippen molar-refractivity contribution in [1.29, 1.82) is 0 Å². The molecule has 0 aromatic heterocycles. The lowest BCUT2D eigenvalue weighted by Crippen LogP contribution is -2.73. The predicted molar refractivity (Wildman–Crippen MR) is 433 cm³/mol. The number of aliphatic hydroxyl groups is 33. The van der Waals surface area contributed by atoms with Crippen molar-refractivity contribution in [3.63, 3.8) is 0 Å². The first kappa shape index (κ1) is 120. The molecule has 10 heterocycles. The van der Waals surface area contributed by atoms with Gasteiger partial charge in [0.1, 0.15) is 232 Å². The van der Waals surface area contributed by atoms with Crippen LogP contribution in [0.1, 0.15) is 46.5 Å². The fourth-order valence-corrected chi connectivity index (χ4v) is 18.4. The fourth-order valence-electron chi connectivity index (χ4n) is 18.4. The quantitative estimate of drug-likeness (QED) is 0.0270. The van der Waals surface area contributed by atoms with Crippen LogP contribution in [0.5, 0.6) is 0 Å². The molecule has 66 heteroatoms. The van der Waals surface area contributed by atoms with E-state index in [2.05, 4.69) is 16.0 Å². The third-order valence-corrected chi connectivity index (χ3v) is 25.9. The Balaban J connectivity index is 1.08. The summed E-state index contributed by atoms with van der Waals surface area (Å²) < 4.78 is 112. The molecular weight excluding hydrogens is 1990 g/mol. The minimum absolute atomic E-state index is 0.742. The van der Waals surface area contributed by atoms with Crippen LogP contribution in [-0.4, -0.2) is 626 Å². The number of aliphatic carboxylic acids is 4. The molecule has 832 valence electrons. The monoisotopic (exact) mass is 2110 g/mol. The van der Waals surface area contributed by atoms with Gasteiger partial charge < -0.3 is 295 Å². The minimum Gasteiger partial charge on any atom is -0.477 e. The van der Waals surface area contributed by atoms with Crippen molar-refractivity contribution < 1.29 is 313 Å². The van der Waals surface area contributed by atoms with Crippen LogP contribution in [-0.2, 0) is 124 Å². The molecule has 40 N–H and O–H groups in total. The normalized spacial score (nSPS) is 45.7. The standard InChI is InChI=1S/C78H127N3O63/c1-18(92)79-35-21(95)4-77(73(121)122,141-58(35)39(105)24(98)8-82)143-61-43(109)33(16-90)128-67(48(61)114)134-57-37(81-20(3)94)65(126-32(15-89)42(57)108)132-56-34(17-91)129-68(50(116)63(56)144-78(74(123)124)5-22(96)36(80-19(2)93)59(142-78)40(106)25(99)9-83)135-60-46(112)51(26(100)10-84)130-69(47(60)113)136-62-49(115)70(131-53(28(102)12-86)64(62)137-66-45(111)44(110)41(107)31(14-88)127-66)133-55-30(7-75(125,71(117)118)139-54(55)29(103)13-87)138-76(72(119)120)6-23(97)38(104)52(140-76)27(101)11-85/h21-70,82-91,95-116,125H,4-17H2,1-3H3,(H,79,92)(H,80,93)(H,81,94)(H,117,118)(H,119,120)(H,121,122)(H,123,124)/t21-,22-,23+,24+,25+,26-,27+,28-,29+,30+,31+,32+,33+,34+,35+,36+,37+,38+,39+,40+,41+,42-,43-,44-,45+,46+,47-,48+,49-,50+,51+,52+,53+,54+,55+,56-,57+,58+,59+,60-,61-,62+,63+,64+,65-,66-,67-,68-,69+,70+,75+,76+,77-,78-/m0/s1. The maximum absolute atomic E-state index is 14.3. The van der Waals surface area contributed by atoms with Crippen molar-refractivity contribution in [3.8, 4) is 0 Å². The van der Waals surface area contributed by atoms with Crippen LogP contribution in [0.15, 0.2) is 0 Å². The number of aliphatic hydroxyl groups excluding tert-OH is 32. The average Bonchev–Trinajstić information content (AvgIpc) is 0.744. The van der Waals surface area contributed by atoms with Gasteiger partial charge in [-0.1, -0.05) is 0 Å². The van der Waals surface area contributed by atoms with E-state index in [9.17, 15) is 223 Å². The molecule has 10 aliphatic rings. The van der Waals surface area contributed by atoms with Gasteiger partial charge in [-0.3, -0.25) is 14.4 Å². The topological polar surface area (TPSA) is 1080 Å². The summed E-state index contributed by atoms with van der Waals surface area (Å²) in [6.07, 6.45) is -128. The van der Waals surface area contributed by atoms with E-state index in [4.69, 9.17) is 90.0 Å². The average molecular weight is 2110 g/mol. The summed E-state index contributed by atoms with van der Waals surface area (Å²) in [5.41, 5.74) is 0. The molecule has 54 atom stereocenters. The zero-order valence-electron chi connectivity index (χ0n) is 75.9. The second-order valence-electron chi connectivity index (χ2n) is 35.9. The van der Waals surface area contributed by atoms with Crippen LogP contribution in [0.4, 0.5) is 0 Å². The van der Waals surface area contributed by atoms with Crippen LogP contribution < -0.4 is 16.0 Å². The van der Waals surface area contributed by atoms with Crippen molar-refractivity contribution >= 4 is 41.6 Å². The smallest absolute Gasteiger partial charge is 0.364 e. The highest BCUT2D eigenvalue weighted by molar-refractivity contribution is 5.79. The van der Waals surface area contributed by atoms with Crippen LogP contribution in [0.25, 0.3) is 0 Å². The molecule has 0 saturated carbocycles. The van der Waals surface area contributed by atoms with Gasteiger partial charge in [0.15, 0.2) is 37.7 Å². The minimum atomic E-state index is -3.80. The summed E-state index contributed by atoms with van der Waals surface area (Å²) >= 11 is 0. The van der Waals surface area contributed by atoms with Crippen molar-refractivity contribution in [3.05, 3.63) is 0 Å². The molecule has 0 bridgehead atoms. The lowest BCUT2D eigenvalue weighted by atomic mass is 9.88. The Bertz CT molecular complexity index is 4150. The Labute approximate surface area is 809 Å². The summed E-state index contributed by atoms with van der Waals surface area (Å²) in [4.78, 5) is 93.1. The van der Waals surface area contributed by atoms with Crippen molar-refractivity contribution in [2.75, 3.05) is 66.1 Å². The van der Waals surface area contributed by atoms with Gasteiger partial charge >= 0.3 is 23.9 Å². The van der Waals surface area contributed by atoms with E-state index in [1.807, 2.05) is 0 Å². The molecule has 144 heavy (non-hydrogen) atoms. The molecule has 0 spiro atoms. The number of rotatable bonds is 43. The van der Waals surface area contributed by atoms with Gasteiger partial charge in [0.2, 0.25) is 17.7 Å². The number of carbonyl (C=O) groups excluding carboxylic acids is 3. The number of nitrogens with one attached hydrogen (secondary N) is 3. The highest BCUT2D eigenvalue weighted by Crippen LogP contribution is 2.48. The molecule has 66 nitrogen and oxygen atoms in total. The van der Waals surface area contributed by atoms with Crippen LogP contribution >= 0.6 is 0 Å². The van der Waals surface area contributed by atoms with Crippen molar-refractivity contribution in [1.82, 2.24) is 16.0 Å². The van der Waals surface area contributed by atoms with E-state index in [1.54, 1.807) is 0 Å². The number of ether oxygens (including phenoxy) is 19. The lowest BCUT2D eigenvalue weighted by Gasteiger charge is -2.53. The molecule has 0 aromatic rings. The van der Waals surface area contributed by atoms with E-state index < -0.39 is 463 Å². The summed E-state index contributed by atoms with van der Waals surface area (Å²) in [5, 5.41) is 424. The molecule has 0 aliphatic carbocycles. The predicted octanol–water partition coefficient (Wildman–Crippen LogP) is -25.5. The number of carboxylic acids is 4. The first-order valence-electron chi connectivity index (χ1n) is 44.7. The SMILES string of the molecule is CC(=O)N[C@H]1[C@H](O[C@@H]2[C@H](O[C@]3(C(=O)O)C[C@H](O)[C@@H](NC(C)=O)[C@H]([C@H](O)[C@H](O)CO)O3)[C@@H](O)[C@H](O[C@@H]3[C@H](O)[C@@H](O[C@@H]4[C@H](O)[C@@H](O[C@H]5[C@@H]([C@H](O)CO)O[C@@](O)(C(=O)O)C[C@H]5O[C@]5(C(=O)O)C[C@@H](O)[C@@H](O)[C@@H]([C@H](O)CO)O5)O[C@H]([C@@H](O)CO)[C@H]4O[C@@H]4O[C@H](CO)[C@@H](O)[C@H](O)[C@H]4O)O[C@H]([C@@H](O)CO)[C@H]3O)O[C@@H]2CO)O[C@H](CO)[C@H](O)[C@@H]1O[C@@H]1O[C@H](CO)[C@H](O)[C@H](O[C@]2(C(=O)O)C[C@H](O)[C@@H](NC(C)=O)[C@H]([C@H](O)[C@H](O)CO)O2)[C@H]1O. The lowest BCUT2D eigenvalue weighted by molar-refractivity contribution is -0.420. The Morgan fingerprint density at radius 1 is 0.292 bits per heavy atom. The van der Waals surface area contributed by atoms with Gasteiger partial charge in [0, 0.05) is 46.5 Å². The van der Waals surface area contributed by atoms with E-state index in [0.29, 0.717) is 0 Å². The summed E-state index contributed by atoms with van der Waals surface area (Å²) in [6.45, 7) is -12.1. The van der Waals surface area contributed by atoms with Crippen molar-refractivity contribution in [2.45, 2.75) is 376 Å². The molecule has 0 radical (unpaired) electrons. The highest BCUT2D eigenvalue weighted by atomic mass is 16.8. The van der Waals surface area contributed by atoms with Gasteiger partial charge in [-0.05, 0) is 0 Å².